The van der Waals surface area contributed by atoms with E-state index in [2.05, 4.69) is 4.74 Å². The maximum absolute atomic E-state index is 12.0. The predicted molar refractivity (Wildman–Crippen MR) is 62.2 cm³/mol. The average molecular weight is 250 g/mol. The monoisotopic (exact) mass is 250 g/mol. The van der Waals surface area contributed by atoms with E-state index in [9.17, 15) is 13.2 Å². The van der Waals surface area contributed by atoms with Crippen molar-refractivity contribution >= 4 is 15.6 Å². The van der Waals surface area contributed by atoms with E-state index in [0.717, 1.165) is 0 Å². The number of rotatable bonds is 2. The lowest BCUT2D eigenvalue weighted by molar-refractivity contribution is 0.104. The first kappa shape index (κ1) is 11.6. The molecule has 5 heteroatoms. The van der Waals surface area contributed by atoms with E-state index in [1.54, 1.807) is 12.1 Å². The lowest BCUT2D eigenvalue weighted by Crippen LogP contribution is -2.01. The van der Waals surface area contributed by atoms with Gasteiger partial charge in [-0.25, -0.2) is 8.42 Å². The summed E-state index contributed by atoms with van der Waals surface area (Å²) in [6.45, 7) is 0. The Kier molecular flexibility index (Phi) is 2.85. The van der Waals surface area contributed by atoms with E-state index in [1.165, 1.54) is 37.7 Å². The van der Waals surface area contributed by atoms with Crippen molar-refractivity contribution in [3.8, 4) is 0 Å². The van der Waals surface area contributed by atoms with Gasteiger partial charge in [-0.15, -0.1) is 0 Å². The Morgan fingerprint density at radius 3 is 2.59 bits per heavy atom. The number of hydrogen-bond donors (Lipinski definition) is 0. The van der Waals surface area contributed by atoms with E-state index >= 15 is 0 Å². The van der Waals surface area contributed by atoms with Gasteiger partial charge in [0.05, 0.1) is 18.3 Å². The van der Waals surface area contributed by atoms with Gasteiger partial charge in [-0.05, 0) is 24.3 Å². The molecule has 0 atom stereocenters. The Labute approximate surface area is 99.1 Å². The minimum Gasteiger partial charge on any atom is -0.504 e. The number of Topliss-reactive ketones (excluding diaryl/α,β-unsaturated/α-hetero) is 1. The van der Waals surface area contributed by atoms with Gasteiger partial charge in [0, 0.05) is 5.56 Å². The normalized spacial score (nSPS) is 19.8. The van der Waals surface area contributed by atoms with Crippen molar-refractivity contribution in [1.29, 1.82) is 0 Å². The van der Waals surface area contributed by atoms with Gasteiger partial charge in [0.1, 0.15) is 4.91 Å². The van der Waals surface area contributed by atoms with Crippen LogP contribution in [-0.2, 0) is 14.6 Å². The van der Waals surface area contributed by atoms with Crippen molar-refractivity contribution in [3.05, 3.63) is 53.1 Å². The third-order valence-corrected chi connectivity index (χ3v) is 4.23. The van der Waals surface area contributed by atoms with Crippen LogP contribution in [0.1, 0.15) is 10.4 Å². The fourth-order valence-electron chi connectivity index (χ4n) is 1.63. The molecule has 1 heterocycles. The molecule has 4 nitrogen and oxygen atoms in total. The summed E-state index contributed by atoms with van der Waals surface area (Å²) in [4.78, 5) is 11.7. The summed E-state index contributed by atoms with van der Waals surface area (Å²) in [7, 11) is -2.23. The molecule has 1 aromatic rings. The fourth-order valence-corrected chi connectivity index (χ4v) is 3.19. The van der Waals surface area contributed by atoms with Crippen LogP contribution >= 0.6 is 0 Å². The molecule has 88 valence electrons. The molecule has 0 bridgehead atoms. The zero-order valence-electron chi connectivity index (χ0n) is 9.08. The average Bonchev–Trinajstić information content (AvgIpc) is 2.51. The second kappa shape index (κ2) is 4.18. The number of methoxy groups -OCH3 is 1. The molecule has 17 heavy (non-hydrogen) atoms. The van der Waals surface area contributed by atoms with Gasteiger partial charge in [-0.1, -0.05) is 12.1 Å². The molecule has 1 aliphatic rings. The van der Waals surface area contributed by atoms with Gasteiger partial charge < -0.3 is 4.74 Å². The van der Waals surface area contributed by atoms with Crippen molar-refractivity contribution in [2.45, 2.75) is 4.90 Å². The molecule has 0 unspecified atom stereocenters. The SMILES string of the molecule is COC=CC=C1C(=O)c2ccccc2S1(=O)=O. The third kappa shape index (κ3) is 1.78. The van der Waals surface area contributed by atoms with Crippen molar-refractivity contribution in [1.82, 2.24) is 0 Å². The molecular weight excluding hydrogens is 240 g/mol. The number of benzene rings is 1. The Hall–Kier alpha value is -1.88. The van der Waals surface area contributed by atoms with E-state index in [1.807, 2.05) is 0 Å². The first-order valence-electron chi connectivity index (χ1n) is 4.87. The van der Waals surface area contributed by atoms with Crippen LogP contribution in [0.25, 0.3) is 0 Å². The first-order chi connectivity index (χ1) is 8.09. The maximum atomic E-state index is 12.0. The van der Waals surface area contributed by atoms with Crippen molar-refractivity contribution in [3.63, 3.8) is 0 Å². The van der Waals surface area contributed by atoms with E-state index < -0.39 is 15.6 Å². The molecule has 0 spiro atoms. The highest BCUT2D eigenvalue weighted by Gasteiger charge is 2.38. The molecule has 0 saturated carbocycles. The number of ketones is 1. The largest absolute Gasteiger partial charge is 0.504 e. The number of carbonyl (C=O) groups excluding carboxylic acids is 1. The van der Waals surface area contributed by atoms with Crippen LogP contribution in [0.3, 0.4) is 0 Å². The fraction of sp³-hybridized carbons (Fsp3) is 0.0833. The molecular formula is C12H10O4S. The quantitative estimate of drug-likeness (QED) is 0.592. The smallest absolute Gasteiger partial charge is 0.211 e. The van der Waals surface area contributed by atoms with Gasteiger partial charge >= 0.3 is 0 Å². The second-order valence-corrected chi connectivity index (χ2v) is 5.31. The summed E-state index contributed by atoms with van der Waals surface area (Å²) < 4.78 is 28.7. The van der Waals surface area contributed by atoms with E-state index in [0.29, 0.717) is 0 Å². The molecule has 1 aromatic carbocycles. The molecule has 0 fully saturated rings. The molecule has 0 amide bonds. The van der Waals surface area contributed by atoms with E-state index in [4.69, 9.17) is 0 Å². The Morgan fingerprint density at radius 1 is 1.24 bits per heavy atom. The molecule has 0 aromatic heterocycles. The van der Waals surface area contributed by atoms with Crippen molar-refractivity contribution < 1.29 is 17.9 Å². The molecule has 0 N–H and O–H groups in total. The molecule has 0 aliphatic carbocycles. The van der Waals surface area contributed by atoms with Crippen LogP contribution in [0.2, 0.25) is 0 Å². The maximum Gasteiger partial charge on any atom is 0.211 e. The van der Waals surface area contributed by atoms with Gasteiger partial charge in [-0.2, -0.15) is 0 Å². The lowest BCUT2D eigenvalue weighted by atomic mass is 10.1. The van der Waals surface area contributed by atoms with Crippen LogP contribution in [0, 0.1) is 0 Å². The number of hydrogen-bond acceptors (Lipinski definition) is 4. The summed E-state index contributed by atoms with van der Waals surface area (Å²) in [5, 5.41) is 0. The number of fused-ring (bicyclic) bond motifs is 1. The summed E-state index contributed by atoms with van der Waals surface area (Å²) in [5.74, 6) is -0.471. The highest BCUT2D eigenvalue weighted by atomic mass is 32.2. The van der Waals surface area contributed by atoms with E-state index in [-0.39, 0.29) is 15.4 Å². The Balaban J connectivity index is 2.59. The summed E-state index contributed by atoms with van der Waals surface area (Å²) in [6, 6.07) is 6.18. The van der Waals surface area contributed by atoms with Crippen molar-refractivity contribution in [2.24, 2.45) is 0 Å². The summed E-state index contributed by atoms with van der Waals surface area (Å²) >= 11 is 0. The minimum atomic E-state index is -3.67. The zero-order valence-corrected chi connectivity index (χ0v) is 9.90. The van der Waals surface area contributed by atoms with Crippen molar-refractivity contribution in [2.75, 3.05) is 7.11 Å². The molecule has 1 aliphatic heterocycles. The second-order valence-electron chi connectivity index (χ2n) is 3.42. The third-order valence-electron chi connectivity index (χ3n) is 2.40. The number of sulfone groups is 1. The predicted octanol–water partition coefficient (Wildman–Crippen LogP) is 1.70. The van der Waals surface area contributed by atoms with Crippen LogP contribution in [-0.4, -0.2) is 21.3 Å². The van der Waals surface area contributed by atoms with Gasteiger partial charge in [0.25, 0.3) is 0 Å². The van der Waals surface area contributed by atoms with Crippen LogP contribution in [0.15, 0.2) is 52.5 Å². The topological polar surface area (TPSA) is 60.4 Å². The lowest BCUT2D eigenvalue weighted by Gasteiger charge is -1.94. The van der Waals surface area contributed by atoms with Gasteiger partial charge in [0.2, 0.25) is 15.6 Å². The van der Waals surface area contributed by atoms with Crippen LogP contribution < -0.4 is 0 Å². The van der Waals surface area contributed by atoms with Crippen LogP contribution in [0.5, 0.6) is 0 Å². The highest BCUT2D eigenvalue weighted by Crippen LogP contribution is 2.33. The zero-order chi connectivity index (χ0) is 12.5. The Bertz CT molecular complexity index is 624. The Morgan fingerprint density at radius 2 is 1.94 bits per heavy atom. The minimum absolute atomic E-state index is 0.0714. The number of ether oxygens (including phenoxy) is 1. The number of allylic oxidation sites excluding steroid dienone is 3. The van der Waals surface area contributed by atoms with Gasteiger partial charge in [0.15, 0.2) is 0 Å². The highest BCUT2D eigenvalue weighted by molar-refractivity contribution is 7.97. The summed E-state index contributed by atoms with van der Waals surface area (Å²) in [5.41, 5.74) is 0.226. The number of carbonyl (C=O) groups is 1. The first-order valence-corrected chi connectivity index (χ1v) is 6.36. The molecule has 0 radical (unpaired) electrons. The molecule has 2 rings (SSSR count). The van der Waals surface area contributed by atoms with Crippen LogP contribution in [0.4, 0.5) is 0 Å². The van der Waals surface area contributed by atoms with Gasteiger partial charge in [-0.3, -0.25) is 4.79 Å². The molecule has 0 saturated heterocycles. The standard InChI is InChI=1S/C12H10O4S/c1-16-8-4-7-11-12(13)9-5-2-3-6-10(9)17(11,14)15/h2-8H,1H3. The summed E-state index contributed by atoms with van der Waals surface area (Å²) in [6.07, 6.45) is 3.94.